The van der Waals surface area contributed by atoms with Crippen molar-refractivity contribution < 1.29 is 14.6 Å². The van der Waals surface area contributed by atoms with Crippen molar-refractivity contribution >= 4 is 23.4 Å². The van der Waals surface area contributed by atoms with Gasteiger partial charge in [0, 0.05) is 12.2 Å². The van der Waals surface area contributed by atoms with Crippen molar-refractivity contribution in [1.29, 1.82) is 0 Å². The molecule has 2 unspecified atom stereocenters. The average molecular weight is 326 g/mol. The van der Waals surface area contributed by atoms with Crippen LogP contribution in [-0.2, 0) is 4.74 Å². The van der Waals surface area contributed by atoms with Crippen molar-refractivity contribution in [2.45, 2.75) is 44.8 Å². The van der Waals surface area contributed by atoms with E-state index in [2.05, 4.69) is 15.3 Å². The maximum Gasteiger partial charge on any atom is 0.343 e. The number of fused-ring (bicyclic) bond motifs is 1. The largest absolute Gasteiger partial charge is 0.462 e. The lowest BCUT2D eigenvalue weighted by molar-refractivity contribution is 0.0526. The Morgan fingerprint density at radius 3 is 2.73 bits per heavy atom. The van der Waals surface area contributed by atoms with Crippen molar-refractivity contribution in [2.24, 2.45) is 11.8 Å². The number of esters is 1. The molecule has 3 rings (SSSR count). The summed E-state index contributed by atoms with van der Waals surface area (Å²) < 4.78 is 5.03. The summed E-state index contributed by atoms with van der Waals surface area (Å²) in [6.45, 7) is 2.05. The molecule has 0 spiro atoms. The van der Waals surface area contributed by atoms with Crippen LogP contribution in [0.1, 0.15) is 43.0 Å². The number of aliphatic hydroxyl groups excluding tert-OH is 1. The van der Waals surface area contributed by atoms with Gasteiger partial charge in [0.05, 0.1) is 12.7 Å². The second-order valence-electron chi connectivity index (χ2n) is 6.08. The number of nitrogens with zero attached hydrogens (tertiary/aromatic N) is 2. The third-order valence-electron chi connectivity index (χ3n) is 4.59. The van der Waals surface area contributed by atoms with Crippen LogP contribution in [0.2, 0.25) is 5.28 Å². The molecule has 7 heteroatoms. The lowest BCUT2D eigenvalue weighted by Crippen LogP contribution is -2.21. The summed E-state index contributed by atoms with van der Waals surface area (Å²) in [5.41, 5.74) is 0.309. The Labute approximate surface area is 134 Å². The fraction of sp³-hybridized carbons (Fsp3) is 0.667. The number of carbonyl (C=O) groups is 1. The van der Waals surface area contributed by atoms with E-state index in [9.17, 15) is 9.90 Å². The highest BCUT2D eigenvalue weighted by Crippen LogP contribution is 2.44. The number of hydrogen-bond acceptors (Lipinski definition) is 6. The quantitative estimate of drug-likeness (QED) is 0.652. The molecule has 1 aromatic heterocycles. The van der Waals surface area contributed by atoms with Gasteiger partial charge in [-0.3, -0.25) is 0 Å². The number of hydrogen-bond donors (Lipinski definition) is 2. The first-order valence-corrected chi connectivity index (χ1v) is 8.08. The smallest absolute Gasteiger partial charge is 0.343 e. The van der Waals surface area contributed by atoms with Crippen LogP contribution in [0, 0.1) is 11.8 Å². The molecule has 0 radical (unpaired) electrons. The lowest BCUT2D eigenvalue weighted by Gasteiger charge is -2.17. The fourth-order valence-electron chi connectivity index (χ4n) is 3.72. The summed E-state index contributed by atoms with van der Waals surface area (Å²) in [4.78, 5) is 20.0. The van der Waals surface area contributed by atoms with Crippen molar-refractivity contribution in [3.05, 3.63) is 17.0 Å². The zero-order valence-corrected chi connectivity index (χ0v) is 13.2. The monoisotopic (exact) mass is 325 g/mol. The number of aromatic nitrogens is 2. The van der Waals surface area contributed by atoms with Crippen LogP contribution in [0.15, 0.2) is 6.20 Å². The van der Waals surface area contributed by atoms with Crippen LogP contribution in [0.5, 0.6) is 0 Å². The molecule has 2 atom stereocenters. The number of aliphatic hydroxyl groups is 1. The second-order valence-corrected chi connectivity index (χ2v) is 6.42. The molecule has 0 bridgehead atoms. The van der Waals surface area contributed by atoms with Crippen LogP contribution >= 0.6 is 11.6 Å². The number of rotatable bonds is 4. The van der Waals surface area contributed by atoms with Gasteiger partial charge < -0.3 is 15.2 Å². The highest BCUT2D eigenvalue weighted by atomic mass is 35.5. The van der Waals surface area contributed by atoms with E-state index < -0.39 is 5.97 Å². The van der Waals surface area contributed by atoms with Crippen LogP contribution in [0.4, 0.5) is 5.82 Å². The first-order valence-electron chi connectivity index (χ1n) is 7.71. The van der Waals surface area contributed by atoms with Gasteiger partial charge in [-0.25, -0.2) is 9.78 Å². The molecule has 2 fully saturated rings. The number of ether oxygens (including phenoxy) is 1. The highest BCUT2D eigenvalue weighted by Gasteiger charge is 2.41. The first kappa shape index (κ1) is 15.5. The highest BCUT2D eigenvalue weighted by molar-refractivity contribution is 6.28. The third kappa shape index (κ3) is 3.17. The molecule has 0 saturated heterocycles. The fourth-order valence-corrected chi connectivity index (χ4v) is 3.86. The molecule has 2 aliphatic carbocycles. The van der Waals surface area contributed by atoms with E-state index in [-0.39, 0.29) is 17.4 Å². The van der Waals surface area contributed by atoms with Gasteiger partial charge in [-0.1, -0.05) is 0 Å². The number of halogens is 1. The topological polar surface area (TPSA) is 84.3 Å². The maximum atomic E-state index is 12.0. The standard InChI is InChI=1S/C15H20ClN3O3/c1-2-22-14(21)12-7-17-15(16)19-13(12)18-10-3-8-5-11(20)6-9(8)4-10/h7-11,20H,2-6H2,1H3,(H,17,18,19). The van der Waals surface area contributed by atoms with Crippen LogP contribution in [0.3, 0.4) is 0 Å². The normalized spacial score (nSPS) is 30.1. The molecule has 2 aliphatic rings. The minimum atomic E-state index is -0.449. The van der Waals surface area contributed by atoms with Crippen molar-refractivity contribution in [3.8, 4) is 0 Å². The predicted octanol–water partition coefficient (Wildman–Crippen LogP) is 2.27. The molecule has 0 aliphatic heterocycles. The van der Waals surface area contributed by atoms with Crippen molar-refractivity contribution in [1.82, 2.24) is 9.97 Å². The molecule has 1 heterocycles. The van der Waals surface area contributed by atoms with Gasteiger partial charge in [-0.05, 0) is 56.0 Å². The SMILES string of the molecule is CCOC(=O)c1cnc(Cl)nc1NC1CC2CC(O)CC2C1. The molecule has 1 aromatic rings. The summed E-state index contributed by atoms with van der Waals surface area (Å²) in [5.74, 6) is 1.09. The molecular weight excluding hydrogens is 306 g/mol. The van der Waals surface area contributed by atoms with E-state index in [1.54, 1.807) is 6.92 Å². The summed E-state index contributed by atoms with van der Waals surface area (Å²) in [5, 5.41) is 13.1. The van der Waals surface area contributed by atoms with E-state index >= 15 is 0 Å². The Morgan fingerprint density at radius 1 is 1.41 bits per heavy atom. The Hall–Kier alpha value is -1.40. The van der Waals surface area contributed by atoms with Crippen LogP contribution in [0.25, 0.3) is 0 Å². The Morgan fingerprint density at radius 2 is 2.09 bits per heavy atom. The first-order chi connectivity index (χ1) is 10.6. The Kier molecular flexibility index (Phi) is 4.49. The maximum absolute atomic E-state index is 12.0. The van der Waals surface area contributed by atoms with Gasteiger partial charge in [0.25, 0.3) is 0 Å². The number of anilines is 1. The van der Waals surface area contributed by atoms with E-state index in [0.29, 0.717) is 29.8 Å². The molecule has 0 amide bonds. The third-order valence-corrected chi connectivity index (χ3v) is 4.77. The summed E-state index contributed by atoms with van der Waals surface area (Å²) in [6, 6.07) is 0.238. The molecule has 0 aromatic carbocycles. The zero-order valence-electron chi connectivity index (χ0n) is 12.5. The molecule has 2 saturated carbocycles. The minimum Gasteiger partial charge on any atom is -0.462 e. The number of carbonyl (C=O) groups excluding carboxylic acids is 1. The molecule has 6 nitrogen and oxygen atoms in total. The number of nitrogens with one attached hydrogen (secondary N) is 1. The summed E-state index contributed by atoms with van der Waals surface area (Å²) >= 11 is 5.85. The Bertz CT molecular complexity index is 555. The van der Waals surface area contributed by atoms with Gasteiger partial charge >= 0.3 is 5.97 Å². The van der Waals surface area contributed by atoms with Gasteiger partial charge in [-0.15, -0.1) is 0 Å². The summed E-state index contributed by atoms with van der Waals surface area (Å²) in [6.07, 6.45) is 4.95. The van der Waals surface area contributed by atoms with Gasteiger partial charge in [0.1, 0.15) is 11.4 Å². The summed E-state index contributed by atoms with van der Waals surface area (Å²) in [7, 11) is 0. The predicted molar refractivity (Wildman–Crippen MR) is 81.9 cm³/mol. The van der Waals surface area contributed by atoms with E-state index in [0.717, 1.165) is 25.7 Å². The van der Waals surface area contributed by atoms with E-state index in [1.807, 2.05) is 0 Å². The van der Waals surface area contributed by atoms with Crippen molar-refractivity contribution in [2.75, 3.05) is 11.9 Å². The van der Waals surface area contributed by atoms with Crippen LogP contribution in [-0.4, -0.2) is 39.8 Å². The molecule has 120 valence electrons. The second kappa shape index (κ2) is 6.38. The zero-order chi connectivity index (χ0) is 15.7. The van der Waals surface area contributed by atoms with Gasteiger partial charge in [0.15, 0.2) is 0 Å². The average Bonchev–Trinajstić information content (AvgIpc) is 2.95. The van der Waals surface area contributed by atoms with Gasteiger partial charge in [-0.2, -0.15) is 4.98 Å². The van der Waals surface area contributed by atoms with Gasteiger partial charge in [0.2, 0.25) is 5.28 Å². The molecule has 2 N–H and O–H groups in total. The lowest BCUT2D eigenvalue weighted by atomic mass is 10.0. The van der Waals surface area contributed by atoms with Crippen LogP contribution < -0.4 is 5.32 Å². The van der Waals surface area contributed by atoms with Crippen molar-refractivity contribution in [3.63, 3.8) is 0 Å². The molecule has 22 heavy (non-hydrogen) atoms. The van der Waals surface area contributed by atoms with E-state index in [4.69, 9.17) is 16.3 Å². The Balaban J connectivity index is 1.72. The molecular formula is C15H20ClN3O3. The van der Waals surface area contributed by atoms with E-state index in [1.165, 1.54) is 6.20 Å². The minimum absolute atomic E-state index is 0.101.